The van der Waals surface area contributed by atoms with Gasteiger partial charge in [-0.05, 0) is 31.5 Å². The molecule has 0 bridgehead atoms. The van der Waals surface area contributed by atoms with Crippen molar-refractivity contribution < 1.29 is 12.8 Å². The summed E-state index contributed by atoms with van der Waals surface area (Å²) < 4.78 is 42.7. The number of rotatable bonds is 8. The summed E-state index contributed by atoms with van der Waals surface area (Å²) in [5, 5.41) is 6.49. The number of anilines is 1. The summed E-state index contributed by atoms with van der Waals surface area (Å²) in [5.74, 6) is 0.633. The SMILES string of the molecule is CCNC(=NCCNS(=O)(=O)c1ccn(C)c1)NC1CCN(c2ncccc2F)C1.I. The van der Waals surface area contributed by atoms with Crippen LogP contribution in [0.2, 0.25) is 0 Å². The first-order valence-corrected chi connectivity index (χ1v) is 11.4. The molecule has 2 aromatic rings. The van der Waals surface area contributed by atoms with Gasteiger partial charge in [-0.2, -0.15) is 0 Å². The average Bonchev–Trinajstić information content (AvgIpc) is 3.35. The lowest BCUT2D eigenvalue weighted by molar-refractivity contribution is 0.581. The predicted molar refractivity (Wildman–Crippen MR) is 130 cm³/mol. The molecular formula is C19H29FIN7O2S. The molecule has 172 valence electrons. The van der Waals surface area contributed by atoms with Crippen LogP contribution < -0.4 is 20.3 Å². The minimum absolute atomic E-state index is 0. The van der Waals surface area contributed by atoms with E-state index in [9.17, 15) is 12.8 Å². The molecule has 1 aliphatic rings. The lowest BCUT2D eigenvalue weighted by atomic mass is 10.3. The monoisotopic (exact) mass is 565 g/mol. The summed E-state index contributed by atoms with van der Waals surface area (Å²) in [6.07, 6.45) is 5.64. The standard InChI is InChI=1S/C19H28FN7O2S.HI/c1-3-21-19(23-9-10-24-30(28,29)16-7-11-26(2)14-16)25-15-6-12-27(13-15)18-17(20)5-4-8-22-18;/h4-5,7-8,11,14-15,24H,3,6,9-10,12-13H2,1-2H3,(H2,21,23,25);1H. The number of aromatic nitrogens is 2. The van der Waals surface area contributed by atoms with Gasteiger partial charge < -0.3 is 20.1 Å². The molecule has 0 spiro atoms. The van der Waals surface area contributed by atoms with Crippen molar-refractivity contribution in [2.24, 2.45) is 12.0 Å². The Kier molecular flexibility index (Phi) is 9.50. The first kappa shape index (κ1) is 25.3. The van der Waals surface area contributed by atoms with E-state index in [2.05, 4.69) is 25.3 Å². The highest BCUT2D eigenvalue weighted by Crippen LogP contribution is 2.20. The zero-order chi connectivity index (χ0) is 21.6. The molecule has 3 heterocycles. The zero-order valence-corrected chi connectivity index (χ0v) is 20.7. The molecule has 1 unspecified atom stereocenters. The number of guanidine groups is 1. The summed E-state index contributed by atoms with van der Waals surface area (Å²) in [4.78, 5) is 10.7. The van der Waals surface area contributed by atoms with Crippen LogP contribution in [0.25, 0.3) is 0 Å². The molecule has 0 saturated carbocycles. The van der Waals surface area contributed by atoms with E-state index in [0.717, 1.165) is 6.42 Å². The number of hydrogen-bond donors (Lipinski definition) is 3. The van der Waals surface area contributed by atoms with E-state index in [1.54, 1.807) is 42.3 Å². The van der Waals surface area contributed by atoms with Gasteiger partial charge in [0.05, 0.1) is 11.4 Å². The van der Waals surface area contributed by atoms with Gasteiger partial charge in [-0.25, -0.2) is 22.5 Å². The fourth-order valence-corrected chi connectivity index (χ4v) is 4.33. The zero-order valence-electron chi connectivity index (χ0n) is 17.6. The molecule has 2 aromatic heterocycles. The Labute approximate surface area is 199 Å². The lowest BCUT2D eigenvalue weighted by Gasteiger charge is -2.20. The molecule has 0 radical (unpaired) electrons. The van der Waals surface area contributed by atoms with Crippen LogP contribution in [0.4, 0.5) is 10.2 Å². The molecule has 1 atom stereocenters. The van der Waals surface area contributed by atoms with Gasteiger partial charge in [0.15, 0.2) is 17.6 Å². The quantitative estimate of drug-likeness (QED) is 0.193. The Bertz CT molecular complexity index is 983. The fourth-order valence-electron chi connectivity index (χ4n) is 3.26. The highest BCUT2D eigenvalue weighted by molar-refractivity contribution is 14.0. The molecule has 0 aliphatic carbocycles. The van der Waals surface area contributed by atoms with Crippen molar-refractivity contribution in [3.8, 4) is 0 Å². The van der Waals surface area contributed by atoms with Crippen LogP contribution in [0.1, 0.15) is 13.3 Å². The van der Waals surface area contributed by atoms with E-state index in [0.29, 0.717) is 31.4 Å². The number of nitrogens with zero attached hydrogens (tertiary/aromatic N) is 4. The van der Waals surface area contributed by atoms with Crippen molar-refractivity contribution >= 4 is 45.8 Å². The summed E-state index contributed by atoms with van der Waals surface area (Å²) >= 11 is 0. The number of pyridine rings is 1. The molecule has 1 fully saturated rings. The second kappa shape index (κ2) is 11.6. The third kappa shape index (κ3) is 7.04. The molecule has 0 aromatic carbocycles. The normalized spacial score (nSPS) is 16.8. The van der Waals surface area contributed by atoms with Gasteiger partial charge in [0, 0.05) is 57.9 Å². The van der Waals surface area contributed by atoms with Crippen LogP contribution in [-0.2, 0) is 17.1 Å². The summed E-state index contributed by atoms with van der Waals surface area (Å²) in [6, 6.07) is 4.62. The highest BCUT2D eigenvalue weighted by Gasteiger charge is 2.26. The van der Waals surface area contributed by atoms with E-state index in [-0.39, 0.29) is 53.8 Å². The van der Waals surface area contributed by atoms with Crippen molar-refractivity contribution in [2.75, 3.05) is 37.6 Å². The van der Waals surface area contributed by atoms with Gasteiger partial charge in [-0.15, -0.1) is 24.0 Å². The van der Waals surface area contributed by atoms with Crippen LogP contribution in [0.5, 0.6) is 0 Å². The summed E-state index contributed by atoms with van der Waals surface area (Å²) in [6.45, 7) is 4.41. The van der Waals surface area contributed by atoms with Gasteiger partial charge >= 0.3 is 0 Å². The smallest absolute Gasteiger partial charge is 0.242 e. The molecule has 0 amide bonds. The summed E-state index contributed by atoms with van der Waals surface area (Å²) in [7, 11) is -1.78. The first-order chi connectivity index (χ1) is 14.4. The minimum atomic E-state index is -3.54. The summed E-state index contributed by atoms with van der Waals surface area (Å²) in [5.41, 5.74) is 0. The van der Waals surface area contributed by atoms with Gasteiger partial charge in [-0.3, -0.25) is 4.99 Å². The maximum absolute atomic E-state index is 14.0. The van der Waals surface area contributed by atoms with Crippen LogP contribution in [0.15, 0.2) is 46.7 Å². The Morgan fingerprint density at radius 2 is 2.19 bits per heavy atom. The van der Waals surface area contributed by atoms with E-state index >= 15 is 0 Å². The predicted octanol–water partition coefficient (Wildman–Crippen LogP) is 1.29. The van der Waals surface area contributed by atoms with Gasteiger partial charge in [-0.1, -0.05) is 0 Å². The minimum Gasteiger partial charge on any atom is -0.357 e. The van der Waals surface area contributed by atoms with E-state index in [1.807, 2.05) is 11.8 Å². The molecule has 1 aliphatic heterocycles. The molecule has 12 heteroatoms. The van der Waals surface area contributed by atoms with E-state index < -0.39 is 10.0 Å². The van der Waals surface area contributed by atoms with E-state index in [1.165, 1.54) is 6.07 Å². The Morgan fingerprint density at radius 1 is 1.39 bits per heavy atom. The van der Waals surface area contributed by atoms with Gasteiger partial charge in [0.25, 0.3) is 0 Å². The lowest BCUT2D eigenvalue weighted by Crippen LogP contribution is -2.45. The number of nitrogens with one attached hydrogen (secondary N) is 3. The largest absolute Gasteiger partial charge is 0.357 e. The van der Waals surface area contributed by atoms with Crippen molar-refractivity contribution in [2.45, 2.75) is 24.3 Å². The van der Waals surface area contributed by atoms with Crippen molar-refractivity contribution in [1.29, 1.82) is 0 Å². The number of aliphatic imine (C=N–C) groups is 1. The molecule has 3 rings (SSSR count). The molecule has 9 nitrogen and oxygen atoms in total. The number of halogens is 2. The van der Waals surface area contributed by atoms with Crippen molar-refractivity contribution in [3.63, 3.8) is 0 Å². The fraction of sp³-hybridized carbons (Fsp3) is 0.474. The van der Waals surface area contributed by atoms with Crippen LogP contribution in [0, 0.1) is 5.82 Å². The molecule has 31 heavy (non-hydrogen) atoms. The maximum Gasteiger partial charge on any atom is 0.242 e. The van der Waals surface area contributed by atoms with Crippen LogP contribution in [-0.4, -0.2) is 62.7 Å². The second-order valence-corrected chi connectivity index (χ2v) is 8.82. The van der Waals surface area contributed by atoms with Crippen LogP contribution >= 0.6 is 24.0 Å². The number of aryl methyl sites for hydroxylation is 1. The topological polar surface area (TPSA) is 104 Å². The highest BCUT2D eigenvalue weighted by atomic mass is 127. The van der Waals surface area contributed by atoms with Gasteiger partial charge in [0.2, 0.25) is 10.0 Å². The number of sulfonamides is 1. The third-order valence-electron chi connectivity index (χ3n) is 4.70. The molecule has 1 saturated heterocycles. The second-order valence-electron chi connectivity index (χ2n) is 7.06. The maximum atomic E-state index is 14.0. The van der Waals surface area contributed by atoms with Crippen molar-refractivity contribution in [1.82, 2.24) is 24.9 Å². The number of hydrogen-bond acceptors (Lipinski definition) is 5. The van der Waals surface area contributed by atoms with E-state index in [4.69, 9.17) is 0 Å². The van der Waals surface area contributed by atoms with Crippen LogP contribution in [0.3, 0.4) is 0 Å². The molecular weight excluding hydrogens is 536 g/mol. The van der Waals surface area contributed by atoms with Crippen molar-refractivity contribution in [3.05, 3.63) is 42.6 Å². The molecule has 3 N–H and O–H groups in total. The van der Waals surface area contributed by atoms with Gasteiger partial charge in [0.1, 0.15) is 0 Å². The Hall–Kier alpha value is -1.93. The Balaban J connectivity index is 0.00000341. The third-order valence-corrected chi connectivity index (χ3v) is 6.15. The Morgan fingerprint density at radius 3 is 2.87 bits per heavy atom. The first-order valence-electron chi connectivity index (χ1n) is 9.91. The average molecular weight is 565 g/mol.